The first-order chi connectivity index (χ1) is 18.4. The van der Waals surface area contributed by atoms with E-state index in [1.54, 1.807) is 30.5 Å². The molecule has 0 amide bonds. The van der Waals surface area contributed by atoms with Gasteiger partial charge in [0.15, 0.2) is 0 Å². The molecule has 11 heteroatoms. The number of aromatic nitrogens is 5. The molecule has 194 valence electrons. The molecule has 0 radical (unpaired) electrons. The Bertz CT molecular complexity index is 1560. The van der Waals surface area contributed by atoms with Crippen LogP contribution in [0.1, 0.15) is 24.0 Å². The van der Waals surface area contributed by atoms with Gasteiger partial charge in [-0.2, -0.15) is 4.98 Å². The number of hydrogen-bond acceptors (Lipinski definition) is 9. The molecule has 38 heavy (non-hydrogen) atoms. The van der Waals surface area contributed by atoms with Gasteiger partial charge in [-0.05, 0) is 49.6 Å². The molecule has 2 heterocycles. The van der Waals surface area contributed by atoms with E-state index in [-0.39, 0.29) is 19.0 Å². The van der Waals surface area contributed by atoms with Crippen molar-refractivity contribution >= 4 is 17.6 Å². The van der Waals surface area contributed by atoms with Gasteiger partial charge in [0.25, 0.3) is 0 Å². The Morgan fingerprint density at radius 1 is 1.03 bits per heavy atom. The SMILES string of the molecule is COC(=O)C1(Cn2c(=O)nc(Nc3ccc(Oc4cnccn4)cc3)n(Cc3ccc(C)cc3)c2=O)CC1. The third-order valence-electron chi connectivity index (χ3n) is 6.42. The summed E-state index contributed by atoms with van der Waals surface area (Å²) in [5.74, 6) is 0.544. The highest BCUT2D eigenvalue weighted by Gasteiger charge is 2.52. The van der Waals surface area contributed by atoms with Crippen molar-refractivity contribution in [2.24, 2.45) is 5.41 Å². The fraction of sp³-hybridized carbons (Fsp3) is 0.259. The lowest BCUT2D eigenvalue weighted by Gasteiger charge is -2.18. The van der Waals surface area contributed by atoms with E-state index in [0.29, 0.717) is 30.2 Å². The molecular weight excluding hydrogens is 488 g/mol. The van der Waals surface area contributed by atoms with Crippen LogP contribution >= 0.6 is 0 Å². The summed E-state index contributed by atoms with van der Waals surface area (Å²) in [4.78, 5) is 51.1. The second-order valence-corrected chi connectivity index (χ2v) is 9.23. The van der Waals surface area contributed by atoms with Crippen molar-refractivity contribution in [3.63, 3.8) is 0 Å². The highest BCUT2D eigenvalue weighted by atomic mass is 16.5. The molecule has 0 aliphatic heterocycles. The highest BCUT2D eigenvalue weighted by molar-refractivity contribution is 5.79. The van der Waals surface area contributed by atoms with Crippen LogP contribution in [0, 0.1) is 12.3 Å². The van der Waals surface area contributed by atoms with Crippen LogP contribution in [0.3, 0.4) is 0 Å². The van der Waals surface area contributed by atoms with Crippen LogP contribution in [0.25, 0.3) is 0 Å². The summed E-state index contributed by atoms with van der Waals surface area (Å²) in [5.41, 5.74) is 0.358. The molecule has 1 fully saturated rings. The van der Waals surface area contributed by atoms with Crippen molar-refractivity contribution in [2.75, 3.05) is 12.4 Å². The number of nitrogens with zero attached hydrogens (tertiary/aromatic N) is 5. The van der Waals surface area contributed by atoms with Gasteiger partial charge in [-0.1, -0.05) is 29.8 Å². The molecule has 4 aromatic rings. The number of rotatable bonds is 9. The van der Waals surface area contributed by atoms with Gasteiger partial charge in [-0.25, -0.2) is 19.1 Å². The number of carbonyl (C=O) groups is 1. The maximum Gasteiger partial charge on any atom is 0.354 e. The molecule has 5 rings (SSSR count). The van der Waals surface area contributed by atoms with E-state index in [4.69, 9.17) is 9.47 Å². The summed E-state index contributed by atoms with van der Waals surface area (Å²) in [5, 5.41) is 3.08. The van der Waals surface area contributed by atoms with Gasteiger partial charge in [-0.15, -0.1) is 0 Å². The summed E-state index contributed by atoms with van der Waals surface area (Å²) in [6, 6.07) is 14.6. The topological polar surface area (TPSA) is 130 Å². The zero-order valence-electron chi connectivity index (χ0n) is 21.0. The quantitative estimate of drug-likeness (QED) is 0.335. The zero-order chi connectivity index (χ0) is 26.7. The molecule has 0 saturated heterocycles. The average molecular weight is 515 g/mol. The minimum Gasteiger partial charge on any atom is -0.469 e. The predicted molar refractivity (Wildman–Crippen MR) is 139 cm³/mol. The molecule has 0 atom stereocenters. The molecule has 2 aromatic carbocycles. The van der Waals surface area contributed by atoms with E-state index in [1.165, 1.54) is 24.1 Å². The van der Waals surface area contributed by atoms with Crippen molar-refractivity contribution in [1.82, 2.24) is 24.1 Å². The van der Waals surface area contributed by atoms with Crippen molar-refractivity contribution in [3.8, 4) is 11.6 Å². The Morgan fingerprint density at radius 2 is 1.76 bits per heavy atom. The number of ether oxygens (including phenoxy) is 2. The molecular formula is C27H26N6O5. The molecule has 0 bridgehead atoms. The van der Waals surface area contributed by atoms with Crippen LogP contribution in [0.5, 0.6) is 11.6 Å². The third kappa shape index (κ3) is 5.31. The molecule has 2 aromatic heterocycles. The first kappa shape index (κ1) is 24.9. The van der Waals surface area contributed by atoms with E-state index >= 15 is 0 Å². The third-order valence-corrected chi connectivity index (χ3v) is 6.42. The minimum absolute atomic E-state index is 0.0765. The molecule has 0 spiro atoms. The fourth-order valence-electron chi connectivity index (χ4n) is 4.07. The summed E-state index contributed by atoms with van der Waals surface area (Å²) in [6.07, 6.45) is 5.68. The summed E-state index contributed by atoms with van der Waals surface area (Å²) in [6.45, 7) is 2.07. The molecule has 0 unspecified atom stereocenters. The summed E-state index contributed by atoms with van der Waals surface area (Å²) < 4.78 is 13.0. The van der Waals surface area contributed by atoms with Crippen LogP contribution in [0.15, 0.2) is 76.7 Å². The molecule has 1 saturated carbocycles. The largest absolute Gasteiger partial charge is 0.469 e. The van der Waals surface area contributed by atoms with Crippen LogP contribution in [0.4, 0.5) is 11.6 Å². The van der Waals surface area contributed by atoms with E-state index in [1.807, 2.05) is 31.2 Å². The lowest BCUT2D eigenvalue weighted by atomic mass is 10.1. The van der Waals surface area contributed by atoms with Gasteiger partial charge in [0.2, 0.25) is 11.8 Å². The monoisotopic (exact) mass is 514 g/mol. The Morgan fingerprint density at radius 3 is 2.39 bits per heavy atom. The number of methoxy groups -OCH3 is 1. The number of anilines is 2. The lowest BCUT2D eigenvalue weighted by molar-refractivity contribution is -0.147. The first-order valence-electron chi connectivity index (χ1n) is 12.0. The van der Waals surface area contributed by atoms with E-state index in [0.717, 1.165) is 15.7 Å². The molecule has 1 aliphatic rings. The Balaban J connectivity index is 1.47. The van der Waals surface area contributed by atoms with Gasteiger partial charge >= 0.3 is 17.3 Å². The van der Waals surface area contributed by atoms with Gasteiger partial charge < -0.3 is 14.8 Å². The van der Waals surface area contributed by atoms with Crippen molar-refractivity contribution in [1.29, 1.82) is 0 Å². The van der Waals surface area contributed by atoms with Gasteiger partial charge in [0, 0.05) is 24.6 Å². The maximum absolute atomic E-state index is 13.6. The van der Waals surface area contributed by atoms with E-state index < -0.39 is 22.8 Å². The molecule has 1 N–H and O–H groups in total. The van der Waals surface area contributed by atoms with Crippen molar-refractivity contribution in [2.45, 2.75) is 32.9 Å². The number of aryl methyl sites for hydroxylation is 1. The average Bonchev–Trinajstić information content (AvgIpc) is 3.72. The normalized spacial score (nSPS) is 13.5. The Kier molecular flexibility index (Phi) is 6.73. The standard InChI is InChI=1S/C27H26N6O5/c1-18-3-5-19(6-4-18)16-32-24(30-20-7-9-21(10-8-20)38-22-15-28-13-14-29-22)31-25(35)33(26(32)36)17-27(11-12-27)23(34)37-2/h3-10,13-15H,11-12,16-17H2,1-2H3,(H,30,31,35). The first-order valence-corrected chi connectivity index (χ1v) is 12.0. The predicted octanol–water partition coefficient (Wildman–Crippen LogP) is 3.04. The molecule has 1 aliphatic carbocycles. The molecule has 11 nitrogen and oxygen atoms in total. The Labute approximate surface area is 217 Å². The number of hydrogen-bond donors (Lipinski definition) is 1. The number of benzene rings is 2. The highest BCUT2D eigenvalue weighted by Crippen LogP contribution is 2.47. The van der Waals surface area contributed by atoms with Crippen LogP contribution in [-0.2, 0) is 22.6 Å². The van der Waals surface area contributed by atoms with Crippen molar-refractivity contribution in [3.05, 3.63) is 99.2 Å². The van der Waals surface area contributed by atoms with Gasteiger partial charge in [-0.3, -0.25) is 14.3 Å². The second kappa shape index (κ2) is 10.3. The van der Waals surface area contributed by atoms with Crippen LogP contribution in [0.2, 0.25) is 0 Å². The van der Waals surface area contributed by atoms with Crippen molar-refractivity contribution < 1.29 is 14.3 Å². The summed E-state index contributed by atoms with van der Waals surface area (Å²) >= 11 is 0. The van der Waals surface area contributed by atoms with E-state index in [2.05, 4.69) is 20.3 Å². The fourth-order valence-corrected chi connectivity index (χ4v) is 4.07. The second-order valence-electron chi connectivity index (χ2n) is 9.23. The van der Waals surface area contributed by atoms with Crippen LogP contribution < -0.4 is 21.4 Å². The minimum atomic E-state index is -0.866. The maximum atomic E-state index is 13.6. The number of nitrogens with one attached hydrogen (secondary N) is 1. The smallest absolute Gasteiger partial charge is 0.354 e. The van der Waals surface area contributed by atoms with Gasteiger partial charge in [0.1, 0.15) is 5.75 Å². The number of carbonyl (C=O) groups excluding carboxylic acids is 1. The lowest BCUT2D eigenvalue weighted by Crippen LogP contribution is -2.45. The summed E-state index contributed by atoms with van der Waals surface area (Å²) in [7, 11) is 1.30. The van der Waals surface area contributed by atoms with E-state index in [9.17, 15) is 14.4 Å². The van der Waals surface area contributed by atoms with Crippen LogP contribution in [-0.4, -0.2) is 37.2 Å². The number of esters is 1. The zero-order valence-corrected chi connectivity index (χ0v) is 21.0. The Hall–Kier alpha value is -4.80. The van der Waals surface area contributed by atoms with Gasteiger partial charge in [0.05, 0.1) is 25.3 Å².